The average Bonchev–Trinajstić information content (AvgIpc) is 3.23. The Labute approximate surface area is 198 Å². The summed E-state index contributed by atoms with van der Waals surface area (Å²) in [5.41, 5.74) is 1.47. The van der Waals surface area contributed by atoms with Crippen LogP contribution >= 0.6 is 23.1 Å². The predicted octanol–water partition coefficient (Wildman–Crippen LogP) is 3.67. The maximum absolute atomic E-state index is 12.4. The molecule has 33 heavy (non-hydrogen) atoms. The summed E-state index contributed by atoms with van der Waals surface area (Å²) in [5.74, 6) is -1.27. The van der Waals surface area contributed by atoms with Crippen molar-refractivity contribution in [2.45, 2.75) is 12.1 Å². The molecular formula is C21H15ClN4O5S2. The van der Waals surface area contributed by atoms with E-state index in [0.29, 0.717) is 22.7 Å². The van der Waals surface area contributed by atoms with Gasteiger partial charge in [0.1, 0.15) is 17.4 Å². The summed E-state index contributed by atoms with van der Waals surface area (Å²) in [7, 11) is -3.62. The number of amides is 1. The minimum atomic E-state index is -3.62. The first kappa shape index (κ1) is 24.1. The van der Waals surface area contributed by atoms with Crippen LogP contribution in [0.25, 0.3) is 6.08 Å². The van der Waals surface area contributed by atoms with Crippen LogP contribution in [0.2, 0.25) is 5.02 Å². The third-order valence-electron chi connectivity index (χ3n) is 4.08. The molecule has 12 heteroatoms. The fraction of sp³-hybridized carbons (Fsp3) is 0.0952. The van der Waals surface area contributed by atoms with Crippen LogP contribution in [-0.2, 0) is 14.6 Å². The second kappa shape index (κ2) is 9.91. The molecule has 0 aliphatic rings. The van der Waals surface area contributed by atoms with E-state index in [4.69, 9.17) is 16.3 Å². The van der Waals surface area contributed by atoms with E-state index < -0.39 is 26.9 Å². The maximum Gasteiger partial charge on any atom is 0.343 e. The number of nitrogens with one attached hydrogen (secondary N) is 1. The van der Waals surface area contributed by atoms with Crippen molar-refractivity contribution in [3.63, 3.8) is 0 Å². The predicted molar refractivity (Wildman–Crippen MR) is 123 cm³/mol. The SMILES string of the molecule is Cc1ccc(C(=O)Oc2ccc(C=C(C#N)C(=O)Nc3nc(S(C)(=O)=O)ns3)cc2Cl)cc1. The molecule has 0 atom stereocenters. The first-order valence-corrected chi connectivity index (χ1v) is 12.2. The average molecular weight is 503 g/mol. The Hall–Kier alpha value is -3.59. The van der Waals surface area contributed by atoms with Crippen molar-refractivity contribution in [1.82, 2.24) is 9.36 Å². The number of rotatable bonds is 6. The van der Waals surface area contributed by atoms with Crippen molar-refractivity contribution < 1.29 is 22.7 Å². The van der Waals surface area contributed by atoms with Gasteiger partial charge in [-0.05, 0) is 42.8 Å². The maximum atomic E-state index is 12.4. The number of anilines is 1. The van der Waals surface area contributed by atoms with Gasteiger partial charge in [-0.3, -0.25) is 10.1 Å². The van der Waals surface area contributed by atoms with Crippen molar-refractivity contribution in [2.75, 3.05) is 11.6 Å². The molecule has 0 spiro atoms. The Morgan fingerprint density at radius 2 is 1.91 bits per heavy atom. The largest absolute Gasteiger partial charge is 0.421 e. The number of aromatic nitrogens is 2. The van der Waals surface area contributed by atoms with Crippen LogP contribution in [0.15, 0.2) is 53.2 Å². The number of esters is 1. The molecule has 3 rings (SSSR count). The van der Waals surface area contributed by atoms with Gasteiger partial charge in [-0.15, -0.1) is 0 Å². The van der Waals surface area contributed by atoms with Crippen LogP contribution in [-0.4, -0.2) is 35.9 Å². The number of halogens is 1. The van der Waals surface area contributed by atoms with Gasteiger partial charge in [-0.25, -0.2) is 13.2 Å². The number of hydrogen-bond acceptors (Lipinski definition) is 9. The van der Waals surface area contributed by atoms with Gasteiger partial charge in [-0.1, -0.05) is 35.4 Å². The van der Waals surface area contributed by atoms with Crippen molar-refractivity contribution in [3.05, 3.63) is 69.8 Å². The van der Waals surface area contributed by atoms with E-state index >= 15 is 0 Å². The quantitative estimate of drug-likeness (QED) is 0.233. The summed E-state index contributed by atoms with van der Waals surface area (Å²) in [6, 6.07) is 13.0. The monoisotopic (exact) mass is 502 g/mol. The van der Waals surface area contributed by atoms with Crippen LogP contribution in [0, 0.1) is 18.3 Å². The van der Waals surface area contributed by atoms with Crippen LogP contribution in [0.3, 0.4) is 0 Å². The van der Waals surface area contributed by atoms with Gasteiger partial charge in [0.05, 0.1) is 10.6 Å². The Morgan fingerprint density at radius 3 is 2.48 bits per heavy atom. The number of ether oxygens (including phenoxy) is 1. The number of benzene rings is 2. The fourth-order valence-corrected chi connectivity index (χ4v) is 4.10. The molecule has 0 radical (unpaired) electrons. The lowest BCUT2D eigenvalue weighted by Crippen LogP contribution is -2.13. The molecule has 1 aromatic heterocycles. The molecule has 2 aromatic carbocycles. The van der Waals surface area contributed by atoms with Gasteiger partial charge in [0.2, 0.25) is 15.0 Å². The molecule has 0 saturated heterocycles. The van der Waals surface area contributed by atoms with Gasteiger partial charge in [0.15, 0.2) is 0 Å². The zero-order chi connectivity index (χ0) is 24.2. The van der Waals surface area contributed by atoms with Crippen molar-refractivity contribution >= 4 is 56.1 Å². The van der Waals surface area contributed by atoms with Crippen LogP contribution in [0.5, 0.6) is 5.75 Å². The van der Waals surface area contributed by atoms with Gasteiger partial charge in [0, 0.05) is 17.8 Å². The van der Waals surface area contributed by atoms with Crippen LogP contribution in [0.1, 0.15) is 21.5 Å². The molecular weight excluding hydrogens is 488 g/mol. The smallest absolute Gasteiger partial charge is 0.343 e. The van der Waals surface area contributed by atoms with E-state index in [1.807, 2.05) is 6.92 Å². The molecule has 1 N–H and O–H groups in total. The normalized spacial score (nSPS) is 11.5. The minimum Gasteiger partial charge on any atom is -0.421 e. The number of carbonyl (C=O) groups excluding carboxylic acids is 2. The molecule has 0 unspecified atom stereocenters. The van der Waals surface area contributed by atoms with Gasteiger partial charge in [0.25, 0.3) is 11.1 Å². The van der Waals surface area contributed by atoms with E-state index in [-0.39, 0.29) is 21.5 Å². The lowest BCUT2D eigenvalue weighted by atomic mass is 10.1. The zero-order valence-corrected chi connectivity index (χ0v) is 19.6. The van der Waals surface area contributed by atoms with Crippen molar-refractivity contribution in [3.8, 4) is 11.8 Å². The Kier molecular flexibility index (Phi) is 7.23. The van der Waals surface area contributed by atoms with Crippen molar-refractivity contribution in [2.24, 2.45) is 0 Å². The summed E-state index contributed by atoms with van der Waals surface area (Å²) < 4.78 is 31.9. The summed E-state index contributed by atoms with van der Waals surface area (Å²) in [4.78, 5) is 28.4. The van der Waals surface area contributed by atoms with Gasteiger partial charge < -0.3 is 4.74 Å². The number of sulfone groups is 1. The second-order valence-electron chi connectivity index (χ2n) is 6.72. The molecule has 0 aliphatic carbocycles. The standard InChI is InChI=1S/C21H15ClN4O5S2/c1-12-3-6-14(7-4-12)19(28)31-17-8-5-13(10-16(17)22)9-15(11-23)18(27)24-20-25-21(26-32-20)33(2,29)30/h3-10H,1-2H3,(H,24,25,26,27). The number of nitriles is 1. The molecule has 1 heterocycles. The highest BCUT2D eigenvalue weighted by Gasteiger charge is 2.18. The highest BCUT2D eigenvalue weighted by atomic mass is 35.5. The fourth-order valence-electron chi connectivity index (χ4n) is 2.43. The molecule has 0 bridgehead atoms. The van der Waals surface area contributed by atoms with Crippen LogP contribution < -0.4 is 10.1 Å². The summed E-state index contributed by atoms with van der Waals surface area (Å²) in [6.45, 7) is 1.90. The van der Waals surface area contributed by atoms with E-state index in [9.17, 15) is 23.3 Å². The third kappa shape index (κ3) is 6.23. The van der Waals surface area contributed by atoms with Crippen LogP contribution in [0.4, 0.5) is 5.13 Å². The second-order valence-corrected chi connectivity index (χ2v) is 9.79. The molecule has 9 nitrogen and oxygen atoms in total. The highest BCUT2D eigenvalue weighted by Crippen LogP contribution is 2.27. The molecule has 1 amide bonds. The third-order valence-corrected chi connectivity index (χ3v) is 5.97. The number of hydrogen-bond donors (Lipinski definition) is 1. The molecule has 3 aromatic rings. The molecule has 0 saturated carbocycles. The number of carbonyl (C=O) groups is 2. The minimum absolute atomic E-state index is 0.0713. The zero-order valence-electron chi connectivity index (χ0n) is 17.2. The van der Waals surface area contributed by atoms with E-state index in [0.717, 1.165) is 11.8 Å². The van der Waals surface area contributed by atoms with E-state index in [1.54, 1.807) is 30.3 Å². The first-order chi connectivity index (χ1) is 15.6. The number of aryl methyl sites for hydroxylation is 1. The Balaban J connectivity index is 1.74. The number of nitrogens with zero attached hydrogens (tertiary/aromatic N) is 3. The molecule has 0 aliphatic heterocycles. The molecule has 168 valence electrons. The first-order valence-electron chi connectivity index (χ1n) is 9.12. The van der Waals surface area contributed by atoms with Gasteiger partial charge in [-0.2, -0.15) is 14.6 Å². The Morgan fingerprint density at radius 1 is 1.21 bits per heavy atom. The Bertz CT molecular complexity index is 1410. The summed E-state index contributed by atoms with van der Waals surface area (Å²) in [6.07, 6.45) is 2.21. The van der Waals surface area contributed by atoms with E-state index in [1.165, 1.54) is 24.3 Å². The lowest BCUT2D eigenvalue weighted by molar-refractivity contribution is -0.112. The topological polar surface area (TPSA) is 139 Å². The summed E-state index contributed by atoms with van der Waals surface area (Å²) >= 11 is 6.87. The van der Waals surface area contributed by atoms with Crippen molar-refractivity contribution in [1.29, 1.82) is 5.26 Å². The lowest BCUT2D eigenvalue weighted by Gasteiger charge is -2.07. The van der Waals surface area contributed by atoms with Gasteiger partial charge >= 0.3 is 5.97 Å². The highest BCUT2D eigenvalue weighted by molar-refractivity contribution is 7.90. The summed E-state index contributed by atoms with van der Waals surface area (Å²) in [5, 5.41) is 11.3. The molecule has 0 fully saturated rings. The van der Waals surface area contributed by atoms with E-state index in [2.05, 4.69) is 14.7 Å².